The molecule has 4 rings (SSSR count). The van der Waals surface area contributed by atoms with Crippen LogP contribution >= 0.6 is 0 Å². The van der Waals surface area contributed by atoms with E-state index in [9.17, 15) is 4.79 Å². The van der Waals surface area contributed by atoms with Crippen molar-refractivity contribution in [3.63, 3.8) is 0 Å². The molecule has 28 heavy (non-hydrogen) atoms. The van der Waals surface area contributed by atoms with Gasteiger partial charge >= 0.3 is 0 Å². The maximum absolute atomic E-state index is 12.8. The summed E-state index contributed by atoms with van der Waals surface area (Å²) in [7, 11) is 0. The van der Waals surface area contributed by atoms with Gasteiger partial charge in [0.25, 0.3) is 0 Å². The first kappa shape index (κ1) is 17.6. The van der Waals surface area contributed by atoms with Gasteiger partial charge in [-0.3, -0.25) is 9.36 Å². The monoisotopic (exact) mass is 369 g/mol. The molecule has 2 aromatic carbocycles. The van der Waals surface area contributed by atoms with Gasteiger partial charge in [-0.25, -0.2) is 15.0 Å². The summed E-state index contributed by atoms with van der Waals surface area (Å²) in [6.45, 7) is 0. The molecule has 6 heteroatoms. The molecule has 0 radical (unpaired) electrons. The van der Waals surface area contributed by atoms with Crippen molar-refractivity contribution < 1.29 is 4.79 Å². The normalized spacial score (nSPS) is 10.8. The molecule has 0 saturated carbocycles. The van der Waals surface area contributed by atoms with Gasteiger partial charge in [0.05, 0.1) is 0 Å². The number of nitrogens with zero attached hydrogens (tertiary/aromatic N) is 4. The molecule has 138 valence electrons. The van der Waals surface area contributed by atoms with Crippen molar-refractivity contribution in [1.82, 2.24) is 19.5 Å². The van der Waals surface area contributed by atoms with Gasteiger partial charge in [-0.1, -0.05) is 60.7 Å². The standard InChI is InChI=1S/C22H19N5O/c28-22(26-20-14-21(25-15-24-20)27-12-11-23-16-27)13-19(17-7-3-1-4-8-17)18-9-5-2-6-10-18/h1-12,14-16,19H,13H2,(H,24,25,26,28). The van der Waals surface area contributed by atoms with Crippen molar-refractivity contribution in [3.8, 4) is 5.82 Å². The third kappa shape index (κ3) is 4.12. The highest BCUT2D eigenvalue weighted by Gasteiger charge is 2.18. The van der Waals surface area contributed by atoms with Crippen molar-refractivity contribution in [3.05, 3.63) is 103 Å². The predicted molar refractivity (Wildman–Crippen MR) is 107 cm³/mol. The molecule has 0 aliphatic carbocycles. The van der Waals surface area contributed by atoms with Crippen LogP contribution in [0.15, 0.2) is 91.8 Å². The van der Waals surface area contributed by atoms with Crippen LogP contribution < -0.4 is 5.32 Å². The Hall–Kier alpha value is -3.80. The lowest BCUT2D eigenvalue weighted by atomic mass is 9.88. The Morgan fingerprint density at radius 2 is 1.64 bits per heavy atom. The quantitative estimate of drug-likeness (QED) is 0.561. The molecule has 1 amide bonds. The van der Waals surface area contributed by atoms with Crippen molar-refractivity contribution in [2.45, 2.75) is 12.3 Å². The SMILES string of the molecule is O=C(CC(c1ccccc1)c1ccccc1)Nc1cc(-n2ccnc2)ncn1. The zero-order valence-electron chi connectivity index (χ0n) is 15.1. The lowest BCUT2D eigenvalue weighted by molar-refractivity contribution is -0.116. The van der Waals surface area contributed by atoms with E-state index >= 15 is 0 Å². The van der Waals surface area contributed by atoms with E-state index in [4.69, 9.17) is 0 Å². The van der Waals surface area contributed by atoms with E-state index in [0.29, 0.717) is 18.1 Å². The Balaban J connectivity index is 1.53. The van der Waals surface area contributed by atoms with Crippen LogP contribution in [-0.4, -0.2) is 25.4 Å². The first-order valence-corrected chi connectivity index (χ1v) is 9.00. The highest BCUT2D eigenvalue weighted by molar-refractivity contribution is 5.90. The minimum atomic E-state index is -0.104. The molecule has 6 nitrogen and oxygen atoms in total. The summed E-state index contributed by atoms with van der Waals surface area (Å²) in [6, 6.07) is 21.8. The summed E-state index contributed by atoms with van der Waals surface area (Å²) >= 11 is 0. The number of aromatic nitrogens is 4. The number of carbonyl (C=O) groups excluding carboxylic acids is 1. The Labute approximate surface area is 162 Å². The minimum Gasteiger partial charge on any atom is -0.311 e. The molecule has 2 aromatic heterocycles. The molecule has 0 bridgehead atoms. The average Bonchev–Trinajstić information content (AvgIpc) is 3.29. The minimum absolute atomic E-state index is 0.0302. The van der Waals surface area contributed by atoms with Crippen LogP contribution in [0.4, 0.5) is 5.82 Å². The smallest absolute Gasteiger partial charge is 0.226 e. The van der Waals surface area contributed by atoms with E-state index in [1.807, 2.05) is 60.7 Å². The zero-order chi connectivity index (χ0) is 19.2. The average molecular weight is 369 g/mol. The van der Waals surface area contributed by atoms with Crippen molar-refractivity contribution in [2.24, 2.45) is 0 Å². The van der Waals surface area contributed by atoms with E-state index in [1.54, 1.807) is 29.4 Å². The first-order chi connectivity index (χ1) is 13.8. The summed E-state index contributed by atoms with van der Waals surface area (Å²) in [5, 5.41) is 2.89. The number of amides is 1. The second kappa shape index (κ2) is 8.26. The highest BCUT2D eigenvalue weighted by atomic mass is 16.1. The second-order valence-corrected chi connectivity index (χ2v) is 6.36. The molecular formula is C22H19N5O. The summed E-state index contributed by atoms with van der Waals surface area (Å²) in [5.74, 6) is 0.972. The fourth-order valence-corrected chi connectivity index (χ4v) is 3.13. The van der Waals surface area contributed by atoms with E-state index in [-0.39, 0.29) is 11.8 Å². The van der Waals surface area contributed by atoms with Crippen molar-refractivity contribution in [1.29, 1.82) is 0 Å². The van der Waals surface area contributed by atoms with Crippen LogP contribution in [0.2, 0.25) is 0 Å². The Morgan fingerprint density at radius 1 is 0.964 bits per heavy atom. The molecule has 0 fully saturated rings. The molecule has 0 aliphatic rings. The summed E-state index contributed by atoms with van der Waals surface area (Å²) < 4.78 is 1.76. The Bertz CT molecular complexity index is 993. The number of hydrogen-bond acceptors (Lipinski definition) is 4. The Morgan fingerprint density at radius 3 is 2.25 bits per heavy atom. The number of carbonyl (C=O) groups is 1. The number of rotatable bonds is 6. The van der Waals surface area contributed by atoms with Crippen LogP contribution in [0.25, 0.3) is 5.82 Å². The number of imidazole rings is 1. The van der Waals surface area contributed by atoms with Crippen molar-refractivity contribution >= 4 is 11.7 Å². The van der Waals surface area contributed by atoms with Gasteiger partial charge in [0.1, 0.15) is 24.3 Å². The zero-order valence-corrected chi connectivity index (χ0v) is 15.1. The van der Waals surface area contributed by atoms with Gasteiger partial charge in [0, 0.05) is 30.8 Å². The van der Waals surface area contributed by atoms with Gasteiger partial charge in [-0.2, -0.15) is 0 Å². The first-order valence-electron chi connectivity index (χ1n) is 9.00. The van der Waals surface area contributed by atoms with E-state index < -0.39 is 0 Å². The van der Waals surface area contributed by atoms with Crippen LogP contribution in [0.3, 0.4) is 0 Å². The number of anilines is 1. The van der Waals surface area contributed by atoms with E-state index in [0.717, 1.165) is 11.1 Å². The second-order valence-electron chi connectivity index (χ2n) is 6.36. The van der Waals surface area contributed by atoms with Gasteiger partial charge in [0.15, 0.2) is 0 Å². The molecule has 2 heterocycles. The van der Waals surface area contributed by atoms with Gasteiger partial charge in [-0.05, 0) is 11.1 Å². The Kier molecular flexibility index (Phi) is 5.20. The predicted octanol–water partition coefficient (Wildman–Crippen LogP) is 3.82. The number of nitrogens with one attached hydrogen (secondary N) is 1. The third-order valence-electron chi connectivity index (χ3n) is 4.48. The third-order valence-corrected chi connectivity index (χ3v) is 4.48. The maximum Gasteiger partial charge on any atom is 0.226 e. The topological polar surface area (TPSA) is 72.7 Å². The van der Waals surface area contributed by atoms with Crippen LogP contribution in [0.1, 0.15) is 23.5 Å². The maximum atomic E-state index is 12.8. The molecule has 0 atom stereocenters. The summed E-state index contributed by atoms with van der Waals surface area (Å²) in [6.07, 6.45) is 6.85. The van der Waals surface area contributed by atoms with Gasteiger partial charge < -0.3 is 5.32 Å². The fourth-order valence-electron chi connectivity index (χ4n) is 3.13. The molecule has 1 N–H and O–H groups in total. The van der Waals surface area contributed by atoms with E-state index in [2.05, 4.69) is 20.3 Å². The van der Waals surface area contributed by atoms with Crippen molar-refractivity contribution in [2.75, 3.05) is 5.32 Å². The van der Waals surface area contributed by atoms with Gasteiger partial charge in [-0.15, -0.1) is 0 Å². The molecular weight excluding hydrogens is 350 g/mol. The largest absolute Gasteiger partial charge is 0.311 e. The van der Waals surface area contributed by atoms with E-state index in [1.165, 1.54) is 6.33 Å². The summed E-state index contributed by atoms with van der Waals surface area (Å²) in [4.78, 5) is 25.2. The molecule has 0 saturated heterocycles. The van der Waals surface area contributed by atoms with Crippen LogP contribution in [-0.2, 0) is 4.79 Å². The molecule has 0 spiro atoms. The fraction of sp³-hybridized carbons (Fsp3) is 0.0909. The number of benzene rings is 2. The molecule has 0 unspecified atom stereocenters. The highest BCUT2D eigenvalue weighted by Crippen LogP contribution is 2.28. The van der Waals surface area contributed by atoms with Gasteiger partial charge in [0.2, 0.25) is 5.91 Å². The van der Waals surface area contributed by atoms with Crippen LogP contribution in [0, 0.1) is 0 Å². The summed E-state index contributed by atoms with van der Waals surface area (Å²) in [5.41, 5.74) is 2.20. The molecule has 0 aliphatic heterocycles. The number of hydrogen-bond donors (Lipinski definition) is 1. The lowest BCUT2D eigenvalue weighted by Gasteiger charge is -2.17. The van der Waals surface area contributed by atoms with Crippen LogP contribution in [0.5, 0.6) is 0 Å². The molecule has 4 aromatic rings. The lowest BCUT2D eigenvalue weighted by Crippen LogP contribution is -2.17.